The first-order chi connectivity index (χ1) is 8.29. The van der Waals surface area contributed by atoms with Crippen LogP contribution in [0.25, 0.3) is 0 Å². The normalized spacial score (nSPS) is 10.1. The summed E-state index contributed by atoms with van der Waals surface area (Å²) in [5.74, 6) is 0.118. The van der Waals surface area contributed by atoms with E-state index in [-0.39, 0.29) is 5.78 Å². The number of ketones is 1. The van der Waals surface area contributed by atoms with Crippen LogP contribution in [0.3, 0.4) is 0 Å². The fraction of sp³-hybridized carbons (Fsp3) is 0.143. The van der Waals surface area contributed by atoms with Gasteiger partial charge in [0.25, 0.3) is 0 Å². The van der Waals surface area contributed by atoms with Crippen molar-refractivity contribution in [3.8, 4) is 0 Å². The molecule has 0 N–H and O–H groups in total. The first kappa shape index (κ1) is 11.3. The van der Waals surface area contributed by atoms with Crippen molar-refractivity contribution in [2.75, 3.05) is 0 Å². The first-order valence-corrected chi connectivity index (χ1v) is 5.53. The fourth-order valence-corrected chi connectivity index (χ4v) is 1.67. The van der Waals surface area contributed by atoms with Crippen molar-refractivity contribution >= 4 is 5.78 Å². The summed E-state index contributed by atoms with van der Waals surface area (Å²) >= 11 is 0. The predicted octanol–water partition coefficient (Wildman–Crippen LogP) is 1.84. The first-order valence-electron chi connectivity index (χ1n) is 5.53. The molecule has 0 aliphatic heterocycles. The van der Waals surface area contributed by atoms with Crippen LogP contribution in [0.2, 0.25) is 0 Å². The molecule has 0 aliphatic rings. The molecule has 86 valence electrons. The summed E-state index contributed by atoms with van der Waals surface area (Å²) in [7, 11) is 0. The van der Waals surface area contributed by atoms with Gasteiger partial charge in [0.2, 0.25) is 12.1 Å². The maximum absolute atomic E-state index is 11.9. The summed E-state index contributed by atoms with van der Waals surface area (Å²) in [6.45, 7) is 4.80. The van der Waals surface area contributed by atoms with Crippen LogP contribution in [-0.4, -0.2) is 10.4 Å². The van der Waals surface area contributed by atoms with Crippen molar-refractivity contribution < 1.29 is 9.36 Å². The summed E-state index contributed by atoms with van der Waals surface area (Å²) in [4.78, 5) is 11.9. The van der Waals surface area contributed by atoms with Crippen molar-refractivity contribution in [2.24, 2.45) is 0 Å². The van der Waals surface area contributed by atoms with Gasteiger partial charge in [0.05, 0.1) is 0 Å². The molecular formula is C14H15N2O+. The molecule has 0 fully saturated rings. The monoisotopic (exact) mass is 227 g/mol. The van der Waals surface area contributed by atoms with E-state index in [4.69, 9.17) is 0 Å². The number of Topliss-reactive ketones (excluding diaryl/α,β-unsaturated/α-hetero) is 1. The van der Waals surface area contributed by atoms with Crippen LogP contribution in [0.15, 0.2) is 61.7 Å². The van der Waals surface area contributed by atoms with Gasteiger partial charge in [-0.15, -0.1) is 0 Å². The lowest BCUT2D eigenvalue weighted by atomic mass is 10.1. The minimum absolute atomic E-state index is 0.118. The Labute approximate surface area is 101 Å². The molecule has 3 heteroatoms. The van der Waals surface area contributed by atoms with Gasteiger partial charge in [-0.3, -0.25) is 4.79 Å². The number of imidazole rings is 1. The maximum atomic E-state index is 11.9. The smallest absolute Gasteiger partial charge is 0.244 e. The molecule has 0 radical (unpaired) electrons. The SMILES string of the molecule is C=CCn1cc[n+](CC(=O)c2ccccc2)c1. The van der Waals surface area contributed by atoms with E-state index in [1.165, 1.54) is 0 Å². The standard InChI is InChI=1S/C14H15N2O/c1-2-8-15-9-10-16(12-15)11-14(17)13-6-4-3-5-7-13/h2-7,9-10,12H,1,8,11H2/q+1. The Kier molecular flexibility index (Phi) is 3.50. The van der Waals surface area contributed by atoms with Crippen LogP contribution in [0.1, 0.15) is 10.4 Å². The van der Waals surface area contributed by atoms with Gasteiger partial charge in [0.1, 0.15) is 18.9 Å². The summed E-state index contributed by atoms with van der Waals surface area (Å²) in [5.41, 5.74) is 0.747. The topological polar surface area (TPSA) is 25.9 Å². The lowest BCUT2D eigenvalue weighted by molar-refractivity contribution is -0.682. The summed E-state index contributed by atoms with van der Waals surface area (Å²) in [5, 5.41) is 0. The van der Waals surface area contributed by atoms with Crippen molar-refractivity contribution in [1.82, 2.24) is 4.57 Å². The Morgan fingerprint density at radius 3 is 2.82 bits per heavy atom. The molecule has 1 heterocycles. The average Bonchev–Trinajstić information content (AvgIpc) is 2.78. The highest BCUT2D eigenvalue weighted by molar-refractivity contribution is 5.94. The predicted molar refractivity (Wildman–Crippen MR) is 65.6 cm³/mol. The Bertz CT molecular complexity index is 514. The molecule has 2 rings (SSSR count). The van der Waals surface area contributed by atoms with Gasteiger partial charge in [-0.05, 0) is 0 Å². The van der Waals surface area contributed by atoms with E-state index in [9.17, 15) is 4.79 Å². The molecular weight excluding hydrogens is 212 g/mol. The molecule has 3 nitrogen and oxygen atoms in total. The Morgan fingerprint density at radius 2 is 2.12 bits per heavy atom. The number of hydrogen-bond donors (Lipinski definition) is 0. The van der Waals surface area contributed by atoms with E-state index in [1.807, 2.05) is 64.3 Å². The van der Waals surface area contributed by atoms with Gasteiger partial charge < -0.3 is 0 Å². The van der Waals surface area contributed by atoms with E-state index in [2.05, 4.69) is 6.58 Å². The summed E-state index contributed by atoms with van der Waals surface area (Å²) in [6.07, 6.45) is 7.55. The van der Waals surface area contributed by atoms with Gasteiger partial charge in [0.15, 0.2) is 6.54 Å². The molecule has 0 saturated carbocycles. The van der Waals surface area contributed by atoms with Gasteiger partial charge in [-0.2, -0.15) is 0 Å². The van der Waals surface area contributed by atoms with E-state index >= 15 is 0 Å². The van der Waals surface area contributed by atoms with Gasteiger partial charge in [0, 0.05) is 5.56 Å². The second-order valence-corrected chi connectivity index (χ2v) is 3.86. The molecule has 0 unspecified atom stereocenters. The fourth-order valence-electron chi connectivity index (χ4n) is 1.67. The Morgan fingerprint density at radius 1 is 1.35 bits per heavy atom. The van der Waals surface area contributed by atoms with Gasteiger partial charge in [-0.25, -0.2) is 9.13 Å². The molecule has 0 bridgehead atoms. The molecule has 0 spiro atoms. The third-order valence-electron chi connectivity index (χ3n) is 2.51. The van der Waals surface area contributed by atoms with Crippen molar-refractivity contribution in [1.29, 1.82) is 0 Å². The van der Waals surface area contributed by atoms with Crippen LogP contribution in [0.5, 0.6) is 0 Å². The molecule has 0 amide bonds. The van der Waals surface area contributed by atoms with Crippen molar-refractivity contribution in [2.45, 2.75) is 13.1 Å². The lowest BCUT2D eigenvalue weighted by Crippen LogP contribution is -2.35. The van der Waals surface area contributed by atoms with E-state index in [1.54, 1.807) is 0 Å². The number of nitrogens with zero attached hydrogens (tertiary/aromatic N) is 2. The zero-order chi connectivity index (χ0) is 12.1. The van der Waals surface area contributed by atoms with Crippen LogP contribution in [-0.2, 0) is 13.1 Å². The zero-order valence-corrected chi connectivity index (χ0v) is 9.62. The quantitative estimate of drug-likeness (QED) is 0.435. The van der Waals surface area contributed by atoms with Crippen molar-refractivity contribution in [3.63, 3.8) is 0 Å². The number of hydrogen-bond acceptors (Lipinski definition) is 1. The molecule has 0 atom stereocenters. The summed E-state index contributed by atoms with van der Waals surface area (Å²) < 4.78 is 3.85. The van der Waals surface area contributed by atoms with Crippen molar-refractivity contribution in [3.05, 3.63) is 67.3 Å². The average molecular weight is 227 g/mol. The largest absolute Gasteiger partial charge is 0.290 e. The number of rotatable bonds is 5. The molecule has 17 heavy (non-hydrogen) atoms. The minimum atomic E-state index is 0.118. The number of aromatic nitrogens is 2. The second kappa shape index (κ2) is 5.25. The van der Waals surface area contributed by atoms with Crippen LogP contribution >= 0.6 is 0 Å². The Hall–Kier alpha value is -2.16. The number of benzene rings is 1. The van der Waals surface area contributed by atoms with E-state index < -0.39 is 0 Å². The highest BCUT2D eigenvalue weighted by Gasteiger charge is 2.10. The number of allylic oxidation sites excluding steroid dienone is 1. The highest BCUT2D eigenvalue weighted by atomic mass is 16.1. The van der Waals surface area contributed by atoms with E-state index in [0.29, 0.717) is 6.54 Å². The highest BCUT2D eigenvalue weighted by Crippen LogP contribution is 1.99. The molecule has 0 saturated heterocycles. The van der Waals surface area contributed by atoms with Crippen LogP contribution in [0.4, 0.5) is 0 Å². The molecule has 2 aromatic rings. The zero-order valence-electron chi connectivity index (χ0n) is 9.62. The number of carbonyl (C=O) groups excluding carboxylic acids is 1. The van der Waals surface area contributed by atoms with Gasteiger partial charge in [-0.1, -0.05) is 43.0 Å². The number of carbonyl (C=O) groups is 1. The molecule has 1 aromatic heterocycles. The minimum Gasteiger partial charge on any atom is -0.290 e. The molecule has 0 aliphatic carbocycles. The third-order valence-corrected chi connectivity index (χ3v) is 2.51. The third kappa shape index (κ3) is 2.91. The lowest BCUT2D eigenvalue weighted by Gasteiger charge is -1.97. The van der Waals surface area contributed by atoms with Gasteiger partial charge >= 0.3 is 0 Å². The van der Waals surface area contributed by atoms with E-state index in [0.717, 1.165) is 12.1 Å². The van der Waals surface area contributed by atoms with Crippen LogP contribution < -0.4 is 4.57 Å². The summed E-state index contributed by atoms with van der Waals surface area (Å²) in [6, 6.07) is 9.33. The maximum Gasteiger partial charge on any atom is 0.244 e. The molecule has 1 aromatic carbocycles. The Balaban J connectivity index is 2.05. The second-order valence-electron chi connectivity index (χ2n) is 3.86. The van der Waals surface area contributed by atoms with Crippen LogP contribution in [0, 0.1) is 0 Å².